The quantitative estimate of drug-likeness (QED) is 0.856. The van der Waals surface area contributed by atoms with Gasteiger partial charge in [-0.15, -0.1) is 0 Å². The lowest BCUT2D eigenvalue weighted by molar-refractivity contribution is 0.168. The van der Waals surface area contributed by atoms with E-state index < -0.39 is 0 Å². The summed E-state index contributed by atoms with van der Waals surface area (Å²) < 4.78 is 11.3. The Kier molecular flexibility index (Phi) is 3.04. The van der Waals surface area contributed by atoms with Gasteiger partial charge in [-0.25, -0.2) is 0 Å². The SMILES string of the molecule is Cc1c(C(C)(C)CO)cc2c(c1C)OCCO2. The van der Waals surface area contributed by atoms with Crippen LogP contribution in [0.4, 0.5) is 0 Å². The first-order valence-corrected chi connectivity index (χ1v) is 5.98. The maximum Gasteiger partial charge on any atom is 0.164 e. The summed E-state index contributed by atoms with van der Waals surface area (Å²) in [6.07, 6.45) is 0. The third-order valence-corrected chi connectivity index (χ3v) is 3.52. The first-order valence-electron chi connectivity index (χ1n) is 5.98. The van der Waals surface area contributed by atoms with Gasteiger partial charge >= 0.3 is 0 Å². The van der Waals surface area contributed by atoms with Crippen molar-refractivity contribution in [2.45, 2.75) is 33.1 Å². The molecule has 0 amide bonds. The standard InChI is InChI=1S/C14H20O3/c1-9-10(2)13-12(16-5-6-17-13)7-11(9)14(3,4)8-15/h7,15H,5-6,8H2,1-4H3. The van der Waals surface area contributed by atoms with E-state index in [-0.39, 0.29) is 12.0 Å². The topological polar surface area (TPSA) is 38.7 Å². The molecule has 0 saturated heterocycles. The van der Waals surface area contributed by atoms with Gasteiger partial charge in [0.2, 0.25) is 0 Å². The molecule has 1 aliphatic rings. The molecule has 3 nitrogen and oxygen atoms in total. The third kappa shape index (κ3) is 2.00. The Labute approximate surface area is 102 Å². The van der Waals surface area contributed by atoms with E-state index >= 15 is 0 Å². The van der Waals surface area contributed by atoms with Crippen molar-refractivity contribution in [2.75, 3.05) is 19.8 Å². The molecule has 1 N–H and O–H groups in total. The average molecular weight is 236 g/mol. The third-order valence-electron chi connectivity index (χ3n) is 3.52. The Morgan fingerprint density at radius 3 is 2.47 bits per heavy atom. The van der Waals surface area contributed by atoms with Crippen molar-refractivity contribution >= 4 is 0 Å². The molecule has 0 spiro atoms. The van der Waals surface area contributed by atoms with Crippen LogP contribution in [0.3, 0.4) is 0 Å². The molecule has 3 heteroatoms. The highest BCUT2D eigenvalue weighted by Crippen LogP contribution is 2.40. The van der Waals surface area contributed by atoms with Crippen molar-refractivity contribution in [1.82, 2.24) is 0 Å². The van der Waals surface area contributed by atoms with Crippen molar-refractivity contribution in [3.8, 4) is 11.5 Å². The fourth-order valence-corrected chi connectivity index (χ4v) is 2.23. The highest BCUT2D eigenvalue weighted by molar-refractivity contribution is 5.55. The second-order valence-electron chi connectivity index (χ2n) is 5.24. The highest BCUT2D eigenvalue weighted by Gasteiger charge is 2.27. The molecule has 0 saturated carbocycles. The highest BCUT2D eigenvalue weighted by atomic mass is 16.6. The van der Waals surface area contributed by atoms with E-state index in [4.69, 9.17) is 9.47 Å². The number of aliphatic hydroxyl groups is 1. The molecule has 0 fully saturated rings. The van der Waals surface area contributed by atoms with E-state index in [1.54, 1.807) is 0 Å². The lowest BCUT2D eigenvalue weighted by atomic mass is 9.81. The van der Waals surface area contributed by atoms with E-state index in [1.807, 2.05) is 26.8 Å². The van der Waals surface area contributed by atoms with Crippen molar-refractivity contribution in [1.29, 1.82) is 0 Å². The Morgan fingerprint density at radius 1 is 1.18 bits per heavy atom. The molecule has 1 aliphatic heterocycles. The minimum Gasteiger partial charge on any atom is -0.486 e. The molecule has 1 heterocycles. The van der Waals surface area contributed by atoms with Crippen LogP contribution < -0.4 is 9.47 Å². The van der Waals surface area contributed by atoms with Gasteiger partial charge < -0.3 is 14.6 Å². The summed E-state index contributed by atoms with van der Waals surface area (Å²) in [5.74, 6) is 1.65. The summed E-state index contributed by atoms with van der Waals surface area (Å²) in [6.45, 7) is 9.49. The van der Waals surface area contributed by atoms with Crippen molar-refractivity contribution < 1.29 is 14.6 Å². The Balaban J connectivity index is 2.59. The van der Waals surface area contributed by atoms with E-state index in [2.05, 4.69) is 6.92 Å². The van der Waals surface area contributed by atoms with Gasteiger partial charge in [0, 0.05) is 5.41 Å². The number of fused-ring (bicyclic) bond motifs is 1. The van der Waals surface area contributed by atoms with Crippen LogP contribution in [-0.4, -0.2) is 24.9 Å². The Morgan fingerprint density at radius 2 is 1.82 bits per heavy atom. The minimum atomic E-state index is -0.259. The van der Waals surface area contributed by atoms with Gasteiger partial charge in [-0.05, 0) is 36.6 Å². The van der Waals surface area contributed by atoms with Crippen molar-refractivity contribution in [3.05, 3.63) is 22.8 Å². The first kappa shape index (κ1) is 12.2. The largest absolute Gasteiger partial charge is 0.486 e. The van der Waals surface area contributed by atoms with E-state index in [0.717, 1.165) is 22.6 Å². The van der Waals surface area contributed by atoms with Crippen LogP contribution in [0.25, 0.3) is 0 Å². The molecule has 94 valence electrons. The van der Waals surface area contributed by atoms with Gasteiger partial charge in [0.15, 0.2) is 11.5 Å². The fourth-order valence-electron chi connectivity index (χ4n) is 2.23. The number of hydrogen-bond acceptors (Lipinski definition) is 3. The Hall–Kier alpha value is -1.22. The number of benzene rings is 1. The van der Waals surface area contributed by atoms with Crippen molar-refractivity contribution in [3.63, 3.8) is 0 Å². The number of rotatable bonds is 2. The molecule has 0 aliphatic carbocycles. The fraction of sp³-hybridized carbons (Fsp3) is 0.571. The Bertz CT molecular complexity index is 436. The summed E-state index contributed by atoms with van der Waals surface area (Å²) in [6, 6.07) is 2.01. The number of ether oxygens (including phenoxy) is 2. The summed E-state index contributed by atoms with van der Waals surface area (Å²) in [7, 11) is 0. The van der Waals surface area contributed by atoms with Crippen LogP contribution in [0.5, 0.6) is 11.5 Å². The molecule has 0 aromatic heterocycles. The van der Waals surface area contributed by atoms with E-state index in [0.29, 0.717) is 13.2 Å². The lowest BCUT2D eigenvalue weighted by Crippen LogP contribution is -2.25. The van der Waals surface area contributed by atoms with E-state index in [9.17, 15) is 5.11 Å². The molecule has 0 bridgehead atoms. The van der Waals surface area contributed by atoms with Crippen LogP contribution in [0.1, 0.15) is 30.5 Å². The predicted molar refractivity (Wildman–Crippen MR) is 67.0 cm³/mol. The van der Waals surface area contributed by atoms with Gasteiger partial charge in [0.25, 0.3) is 0 Å². The molecule has 0 unspecified atom stereocenters. The molecule has 1 aromatic rings. The van der Waals surface area contributed by atoms with Gasteiger partial charge in [-0.2, -0.15) is 0 Å². The van der Waals surface area contributed by atoms with Crippen LogP contribution in [0, 0.1) is 13.8 Å². The van der Waals surface area contributed by atoms with Crippen molar-refractivity contribution in [2.24, 2.45) is 0 Å². The van der Waals surface area contributed by atoms with Gasteiger partial charge in [0.05, 0.1) is 6.61 Å². The summed E-state index contributed by atoms with van der Waals surface area (Å²) in [4.78, 5) is 0. The normalized spacial score (nSPS) is 14.9. The van der Waals surface area contributed by atoms with Gasteiger partial charge in [0.1, 0.15) is 13.2 Å². The summed E-state index contributed by atoms with van der Waals surface area (Å²) in [5.41, 5.74) is 3.15. The van der Waals surface area contributed by atoms with Gasteiger partial charge in [-0.3, -0.25) is 0 Å². The smallest absolute Gasteiger partial charge is 0.164 e. The van der Waals surface area contributed by atoms with Crippen LogP contribution >= 0.6 is 0 Å². The molecule has 17 heavy (non-hydrogen) atoms. The molecular weight excluding hydrogens is 216 g/mol. The number of hydrogen-bond donors (Lipinski definition) is 1. The summed E-state index contributed by atoms with van der Waals surface area (Å²) in [5, 5.41) is 9.49. The zero-order valence-corrected chi connectivity index (χ0v) is 11.0. The zero-order valence-electron chi connectivity index (χ0n) is 11.0. The lowest BCUT2D eigenvalue weighted by Gasteiger charge is -2.29. The van der Waals surface area contributed by atoms with Gasteiger partial charge in [-0.1, -0.05) is 13.8 Å². The molecular formula is C14H20O3. The second kappa shape index (κ2) is 4.22. The predicted octanol–water partition coefficient (Wildman–Crippen LogP) is 2.34. The molecule has 0 radical (unpaired) electrons. The molecule has 2 rings (SSSR count). The zero-order chi connectivity index (χ0) is 12.6. The monoisotopic (exact) mass is 236 g/mol. The summed E-state index contributed by atoms with van der Waals surface area (Å²) >= 11 is 0. The van der Waals surface area contributed by atoms with E-state index in [1.165, 1.54) is 5.56 Å². The van der Waals surface area contributed by atoms with Crippen LogP contribution in [0.2, 0.25) is 0 Å². The molecule has 1 aromatic carbocycles. The number of aliphatic hydroxyl groups excluding tert-OH is 1. The maximum absolute atomic E-state index is 9.49. The first-order chi connectivity index (χ1) is 7.97. The second-order valence-corrected chi connectivity index (χ2v) is 5.24. The van der Waals surface area contributed by atoms with Crippen LogP contribution in [-0.2, 0) is 5.41 Å². The van der Waals surface area contributed by atoms with Crippen LogP contribution in [0.15, 0.2) is 6.07 Å². The minimum absolute atomic E-state index is 0.118. The molecule has 0 atom stereocenters. The average Bonchev–Trinajstić information content (AvgIpc) is 2.33. The maximum atomic E-state index is 9.49.